The van der Waals surface area contributed by atoms with Crippen LogP contribution in [0.1, 0.15) is 12.0 Å². The van der Waals surface area contributed by atoms with Crippen molar-refractivity contribution in [2.45, 2.75) is 12.6 Å². The van der Waals surface area contributed by atoms with Crippen molar-refractivity contribution in [3.63, 3.8) is 0 Å². The second kappa shape index (κ2) is 9.08. The Morgan fingerprint density at radius 2 is 1.74 bits per heavy atom. The third-order valence-corrected chi connectivity index (χ3v) is 5.50. The molecule has 1 aliphatic rings. The first-order valence-electron chi connectivity index (χ1n) is 10.3. The number of nitrogens with one attached hydrogen (secondary N) is 4. The Hall–Kier alpha value is -4.42. The van der Waals surface area contributed by atoms with Gasteiger partial charge in [-0.05, 0) is 30.3 Å². The van der Waals surface area contributed by atoms with Gasteiger partial charge in [-0.25, -0.2) is 0 Å². The lowest BCUT2D eigenvalue weighted by atomic mass is 10.1. The van der Waals surface area contributed by atoms with Gasteiger partial charge in [0.1, 0.15) is 0 Å². The number of nitrogens with zero attached hydrogens (tertiary/aromatic N) is 1. The Morgan fingerprint density at radius 3 is 2.49 bits per heavy atom. The van der Waals surface area contributed by atoms with E-state index in [1.54, 1.807) is 0 Å². The Labute approximate surface area is 194 Å². The minimum atomic E-state index is -4.58. The number of amides is 3. The number of hydrogen-bond donors (Lipinski definition) is 4. The summed E-state index contributed by atoms with van der Waals surface area (Å²) in [6.07, 6.45) is -4.81. The molecule has 0 saturated carbocycles. The number of anilines is 2. The summed E-state index contributed by atoms with van der Waals surface area (Å²) >= 11 is 0. The van der Waals surface area contributed by atoms with Crippen molar-refractivity contribution in [2.24, 2.45) is 5.92 Å². The Kier molecular flexibility index (Phi) is 6.16. The summed E-state index contributed by atoms with van der Waals surface area (Å²) in [4.78, 5) is 62.2. The summed E-state index contributed by atoms with van der Waals surface area (Å²) in [5.74, 6) is -2.71. The van der Waals surface area contributed by atoms with E-state index in [-0.39, 0.29) is 35.1 Å². The van der Waals surface area contributed by atoms with Gasteiger partial charge >= 0.3 is 6.18 Å². The molecule has 2 aromatic carbocycles. The fraction of sp³-hybridized carbons (Fsp3) is 0.227. The molecular formula is C22H18F3N5O5. The van der Waals surface area contributed by atoms with E-state index in [9.17, 15) is 37.1 Å². The fourth-order valence-corrected chi connectivity index (χ4v) is 3.82. The molecule has 1 saturated heterocycles. The van der Waals surface area contributed by atoms with Crippen molar-refractivity contribution in [3.8, 4) is 0 Å². The maximum Gasteiger partial charge on any atom is 0.416 e. The van der Waals surface area contributed by atoms with E-state index in [4.69, 9.17) is 0 Å². The van der Waals surface area contributed by atoms with Crippen LogP contribution in [0, 0.1) is 5.92 Å². The van der Waals surface area contributed by atoms with E-state index in [1.807, 2.05) is 0 Å². The first-order chi connectivity index (χ1) is 16.5. The largest absolute Gasteiger partial charge is 0.416 e. The van der Waals surface area contributed by atoms with E-state index in [0.717, 1.165) is 17.0 Å². The number of carbonyl (C=O) groups excluding carboxylic acids is 3. The van der Waals surface area contributed by atoms with Gasteiger partial charge in [0, 0.05) is 18.7 Å². The molecule has 4 N–H and O–H groups in total. The van der Waals surface area contributed by atoms with Crippen molar-refractivity contribution >= 4 is 39.9 Å². The van der Waals surface area contributed by atoms with Gasteiger partial charge in [0.15, 0.2) is 0 Å². The molecule has 10 nitrogen and oxygen atoms in total. The van der Waals surface area contributed by atoms with Gasteiger partial charge in [-0.15, -0.1) is 0 Å². The first kappa shape index (κ1) is 23.7. The predicted molar refractivity (Wildman–Crippen MR) is 119 cm³/mol. The van der Waals surface area contributed by atoms with Crippen LogP contribution in [0.3, 0.4) is 0 Å². The predicted octanol–water partition coefficient (Wildman–Crippen LogP) is 1.34. The Morgan fingerprint density at radius 1 is 1.03 bits per heavy atom. The highest BCUT2D eigenvalue weighted by Gasteiger charge is 2.37. The maximum atomic E-state index is 13.0. The van der Waals surface area contributed by atoms with E-state index in [0.29, 0.717) is 0 Å². The van der Waals surface area contributed by atoms with Crippen LogP contribution in [0.25, 0.3) is 10.8 Å². The molecule has 3 amide bonds. The number of hydrogen-bond acceptors (Lipinski definition) is 5. The molecule has 1 atom stereocenters. The van der Waals surface area contributed by atoms with Crippen LogP contribution in [0.2, 0.25) is 0 Å². The molecule has 0 radical (unpaired) electrons. The lowest BCUT2D eigenvalue weighted by Gasteiger charge is -2.18. The SMILES string of the molecule is O=C(CNC(=O)C1CC(=O)N(c2cccc(C(F)(F)F)c2)C1)Nc1cccc2c(=O)[nH][nH]c(=O)c12. The van der Waals surface area contributed by atoms with E-state index >= 15 is 0 Å². The normalized spacial score (nSPS) is 15.9. The van der Waals surface area contributed by atoms with E-state index in [2.05, 4.69) is 20.8 Å². The quantitative estimate of drug-likeness (QED) is 0.428. The average molecular weight is 489 g/mol. The lowest BCUT2D eigenvalue weighted by molar-refractivity contribution is -0.137. The van der Waals surface area contributed by atoms with Crippen LogP contribution < -0.4 is 26.7 Å². The van der Waals surface area contributed by atoms with E-state index in [1.165, 1.54) is 30.3 Å². The summed E-state index contributed by atoms with van der Waals surface area (Å²) in [5.41, 5.74) is -2.00. The zero-order chi connectivity index (χ0) is 25.3. The van der Waals surface area contributed by atoms with Crippen LogP contribution >= 0.6 is 0 Å². The summed E-state index contributed by atoms with van der Waals surface area (Å²) in [6, 6.07) is 8.54. The molecule has 182 valence electrons. The van der Waals surface area contributed by atoms with Crippen LogP contribution in [0.15, 0.2) is 52.1 Å². The zero-order valence-corrected chi connectivity index (χ0v) is 17.9. The second-order valence-corrected chi connectivity index (χ2v) is 7.86. The van der Waals surface area contributed by atoms with Gasteiger partial charge < -0.3 is 15.5 Å². The summed E-state index contributed by atoms with van der Waals surface area (Å²) in [6.45, 7) is -0.639. The molecule has 35 heavy (non-hydrogen) atoms. The molecular weight excluding hydrogens is 471 g/mol. The highest BCUT2D eigenvalue weighted by Crippen LogP contribution is 2.33. The van der Waals surface area contributed by atoms with Crippen molar-refractivity contribution in [2.75, 3.05) is 23.3 Å². The minimum Gasteiger partial charge on any atom is -0.347 e. The molecule has 1 unspecified atom stereocenters. The minimum absolute atomic E-state index is 0.0223. The average Bonchev–Trinajstić information content (AvgIpc) is 3.21. The van der Waals surface area contributed by atoms with Crippen molar-refractivity contribution in [3.05, 3.63) is 68.7 Å². The number of alkyl halides is 3. The third kappa shape index (κ3) is 4.93. The molecule has 1 aliphatic heterocycles. The Balaban J connectivity index is 1.39. The number of rotatable bonds is 5. The van der Waals surface area contributed by atoms with Gasteiger partial charge in [0.05, 0.1) is 34.5 Å². The van der Waals surface area contributed by atoms with Crippen LogP contribution in [-0.2, 0) is 20.6 Å². The highest BCUT2D eigenvalue weighted by molar-refractivity contribution is 6.04. The molecule has 2 heterocycles. The van der Waals surface area contributed by atoms with Gasteiger partial charge in [0.2, 0.25) is 17.7 Å². The number of fused-ring (bicyclic) bond motifs is 1. The first-order valence-corrected chi connectivity index (χ1v) is 10.3. The molecule has 3 aromatic rings. The van der Waals surface area contributed by atoms with Crippen molar-refractivity contribution in [1.29, 1.82) is 0 Å². The van der Waals surface area contributed by atoms with Crippen LogP contribution in [-0.4, -0.2) is 41.0 Å². The molecule has 13 heteroatoms. The summed E-state index contributed by atoms with van der Waals surface area (Å²) in [5, 5.41) is 9.20. The number of H-pyrrole nitrogens is 2. The molecule has 4 rings (SSSR count). The van der Waals surface area contributed by atoms with Gasteiger partial charge in [-0.3, -0.25) is 34.2 Å². The number of aromatic nitrogens is 2. The van der Waals surface area contributed by atoms with Crippen molar-refractivity contribution < 1.29 is 27.6 Å². The molecule has 1 fully saturated rings. The number of carbonyl (C=O) groups is 3. The van der Waals surface area contributed by atoms with Crippen molar-refractivity contribution in [1.82, 2.24) is 15.5 Å². The molecule has 1 aromatic heterocycles. The summed E-state index contributed by atoms with van der Waals surface area (Å²) in [7, 11) is 0. The Bertz CT molecular complexity index is 1450. The van der Waals surface area contributed by atoms with Gasteiger partial charge in [-0.2, -0.15) is 13.2 Å². The topological polar surface area (TPSA) is 144 Å². The fourth-order valence-electron chi connectivity index (χ4n) is 3.82. The van der Waals surface area contributed by atoms with Gasteiger partial charge in [0.25, 0.3) is 11.1 Å². The standard InChI is InChI=1S/C22H18F3N5O5/c23-22(24,25)12-3-1-4-13(8-12)30-10-11(7-17(30)32)19(33)26-9-16(31)27-15-6-2-5-14-18(15)21(35)29-28-20(14)34/h1-6,8,11H,7,9-10H2,(H,26,33)(H,27,31)(H,28,34)(H,29,35). The lowest BCUT2D eigenvalue weighted by Crippen LogP contribution is -2.38. The van der Waals surface area contributed by atoms with Crippen LogP contribution in [0.4, 0.5) is 24.5 Å². The number of benzene rings is 2. The highest BCUT2D eigenvalue weighted by atomic mass is 19.4. The second-order valence-electron chi connectivity index (χ2n) is 7.86. The van der Waals surface area contributed by atoms with Gasteiger partial charge in [-0.1, -0.05) is 12.1 Å². The van der Waals surface area contributed by atoms with E-state index < -0.39 is 53.0 Å². The van der Waals surface area contributed by atoms with Crippen LogP contribution in [0.5, 0.6) is 0 Å². The molecule has 0 aliphatic carbocycles. The summed E-state index contributed by atoms with van der Waals surface area (Å²) < 4.78 is 38.9. The zero-order valence-electron chi connectivity index (χ0n) is 17.9. The molecule has 0 spiro atoms. The number of aromatic amines is 2. The number of halogens is 3. The smallest absolute Gasteiger partial charge is 0.347 e. The monoisotopic (exact) mass is 489 g/mol. The maximum absolute atomic E-state index is 13.0. The third-order valence-electron chi connectivity index (χ3n) is 5.50. The molecule has 0 bridgehead atoms.